The Morgan fingerprint density at radius 2 is 2.03 bits per heavy atom. The zero-order chi connectivity index (χ0) is 25.6. The first-order chi connectivity index (χ1) is 17.1. The van der Waals surface area contributed by atoms with Crippen molar-refractivity contribution in [3.8, 4) is 17.0 Å². The second-order valence-corrected chi connectivity index (χ2v) is 9.30. The van der Waals surface area contributed by atoms with Gasteiger partial charge in [-0.2, -0.15) is 0 Å². The molecule has 1 aliphatic heterocycles. The first-order valence-corrected chi connectivity index (χ1v) is 11.5. The monoisotopic (exact) mass is 495 g/mol. The first kappa shape index (κ1) is 23.6. The molecule has 4 N–H and O–H groups in total. The first-order valence-electron chi connectivity index (χ1n) is 11.5. The number of nitrogens with zero attached hydrogens (tertiary/aromatic N) is 2. The quantitative estimate of drug-likeness (QED) is 0.360. The predicted molar refractivity (Wildman–Crippen MR) is 131 cm³/mol. The standard InChI is InChI=1S/C25H26FN5O5/c1-12-17(10-30-23-22(12)28-4-5-34-23)16-6-14-7-19(29-11-18(14)21(27)20(16)26)31-24(33)35-15-8-25(3,9-15)36-13(2)32/h6-7,10-11,15,28H,4-5,8-9,27H2,1-3H3,(H,29,31,33). The van der Waals surface area contributed by atoms with Crippen LogP contribution in [-0.4, -0.2) is 46.9 Å². The number of nitrogens with one attached hydrogen (secondary N) is 2. The molecule has 1 amide bonds. The van der Waals surface area contributed by atoms with Crippen molar-refractivity contribution >= 4 is 40.0 Å². The molecule has 0 unspecified atom stereocenters. The normalized spacial score (nSPS) is 20.4. The highest BCUT2D eigenvalue weighted by atomic mass is 19.1. The number of esters is 1. The van der Waals surface area contributed by atoms with Crippen molar-refractivity contribution in [2.24, 2.45) is 0 Å². The molecule has 1 aliphatic carbocycles. The Bertz CT molecular complexity index is 1390. The number of hydrogen-bond acceptors (Lipinski definition) is 9. The van der Waals surface area contributed by atoms with Crippen LogP contribution in [0.25, 0.3) is 21.9 Å². The number of rotatable bonds is 4. The molecule has 1 fully saturated rings. The second kappa shape index (κ2) is 8.81. The summed E-state index contributed by atoms with van der Waals surface area (Å²) in [5, 5.41) is 6.84. The molecule has 36 heavy (non-hydrogen) atoms. The van der Waals surface area contributed by atoms with E-state index in [1.54, 1.807) is 25.3 Å². The predicted octanol–water partition coefficient (Wildman–Crippen LogP) is 4.16. The number of carbonyl (C=O) groups is 2. The van der Waals surface area contributed by atoms with Crippen molar-refractivity contribution in [3.05, 3.63) is 35.9 Å². The van der Waals surface area contributed by atoms with E-state index >= 15 is 4.39 Å². The number of nitrogens with two attached hydrogens (primary N) is 1. The summed E-state index contributed by atoms with van der Waals surface area (Å²) < 4.78 is 31.5. The Morgan fingerprint density at radius 3 is 2.78 bits per heavy atom. The van der Waals surface area contributed by atoms with E-state index in [4.69, 9.17) is 19.9 Å². The fourth-order valence-electron chi connectivity index (χ4n) is 4.76. The van der Waals surface area contributed by atoms with Crippen LogP contribution in [0.1, 0.15) is 32.3 Å². The Hall–Kier alpha value is -4.15. The molecular weight excluding hydrogens is 469 g/mol. The van der Waals surface area contributed by atoms with Crippen LogP contribution in [0.5, 0.6) is 5.88 Å². The Balaban J connectivity index is 1.38. The number of amides is 1. The number of nitrogen functional groups attached to an aromatic ring is 1. The lowest BCUT2D eigenvalue weighted by Gasteiger charge is -2.42. The van der Waals surface area contributed by atoms with Crippen LogP contribution in [0, 0.1) is 12.7 Å². The number of carbonyl (C=O) groups excluding carboxylic acids is 2. The summed E-state index contributed by atoms with van der Waals surface area (Å²) >= 11 is 0. The smallest absolute Gasteiger partial charge is 0.413 e. The number of fused-ring (bicyclic) bond motifs is 2. The lowest BCUT2D eigenvalue weighted by molar-refractivity contribution is -0.176. The molecule has 0 atom stereocenters. The lowest BCUT2D eigenvalue weighted by atomic mass is 9.79. The van der Waals surface area contributed by atoms with Crippen LogP contribution in [0.3, 0.4) is 0 Å². The second-order valence-electron chi connectivity index (χ2n) is 9.30. The Kier molecular flexibility index (Phi) is 5.77. The van der Waals surface area contributed by atoms with Gasteiger partial charge in [-0.3, -0.25) is 10.1 Å². The molecule has 2 aliphatic rings. The van der Waals surface area contributed by atoms with E-state index < -0.39 is 17.5 Å². The van der Waals surface area contributed by atoms with Crippen molar-refractivity contribution in [1.82, 2.24) is 9.97 Å². The summed E-state index contributed by atoms with van der Waals surface area (Å²) in [6.07, 6.45) is 2.74. The third-order valence-electron chi connectivity index (χ3n) is 6.45. The molecule has 2 aromatic heterocycles. The highest BCUT2D eigenvalue weighted by molar-refractivity contribution is 5.99. The van der Waals surface area contributed by atoms with Crippen LogP contribution in [0.4, 0.5) is 26.4 Å². The maximum Gasteiger partial charge on any atom is 0.413 e. The van der Waals surface area contributed by atoms with Gasteiger partial charge in [0.2, 0.25) is 5.88 Å². The van der Waals surface area contributed by atoms with Gasteiger partial charge in [0, 0.05) is 55.2 Å². The maximum absolute atomic E-state index is 15.3. The zero-order valence-corrected chi connectivity index (χ0v) is 20.1. The maximum atomic E-state index is 15.3. The molecule has 0 radical (unpaired) electrons. The van der Waals surface area contributed by atoms with Crippen molar-refractivity contribution in [2.75, 3.05) is 29.5 Å². The summed E-state index contributed by atoms with van der Waals surface area (Å²) in [7, 11) is 0. The van der Waals surface area contributed by atoms with Gasteiger partial charge >= 0.3 is 12.1 Å². The van der Waals surface area contributed by atoms with Gasteiger partial charge in [-0.15, -0.1) is 0 Å². The van der Waals surface area contributed by atoms with E-state index in [1.165, 1.54) is 13.1 Å². The Morgan fingerprint density at radius 1 is 1.25 bits per heavy atom. The number of hydrogen-bond donors (Lipinski definition) is 3. The minimum absolute atomic E-state index is 0.0512. The summed E-state index contributed by atoms with van der Waals surface area (Å²) in [5.74, 6) is -0.249. The highest BCUT2D eigenvalue weighted by Gasteiger charge is 2.45. The number of aromatic nitrogens is 2. The molecular formula is C25H26FN5O5. The van der Waals surface area contributed by atoms with Crippen LogP contribution in [0.2, 0.25) is 0 Å². The molecule has 1 saturated carbocycles. The molecule has 3 heterocycles. The van der Waals surface area contributed by atoms with E-state index in [0.29, 0.717) is 48.2 Å². The van der Waals surface area contributed by atoms with E-state index in [-0.39, 0.29) is 29.1 Å². The molecule has 1 aromatic carbocycles. The van der Waals surface area contributed by atoms with Gasteiger partial charge < -0.3 is 25.3 Å². The van der Waals surface area contributed by atoms with Crippen molar-refractivity contribution in [2.45, 2.75) is 45.3 Å². The van der Waals surface area contributed by atoms with Crippen LogP contribution < -0.4 is 21.1 Å². The van der Waals surface area contributed by atoms with Gasteiger partial charge in [-0.1, -0.05) is 0 Å². The SMILES string of the molecule is CC(=O)OC1(C)CC(OC(=O)Nc2cc3cc(-c4cnc5c(c4C)NCCO5)c(F)c(N)c3cn2)C1. The molecule has 0 saturated heterocycles. The number of pyridine rings is 2. The van der Waals surface area contributed by atoms with Gasteiger partial charge in [0.05, 0.1) is 5.69 Å². The van der Waals surface area contributed by atoms with Gasteiger partial charge in [-0.25, -0.2) is 19.2 Å². The van der Waals surface area contributed by atoms with Gasteiger partial charge in [0.25, 0.3) is 0 Å². The number of benzene rings is 1. The molecule has 188 valence electrons. The van der Waals surface area contributed by atoms with Gasteiger partial charge in [0.15, 0.2) is 5.82 Å². The third-order valence-corrected chi connectivity index (χ3v) is 6.45. The summed E-state index contributed by atoms with van der Waals surface area (Å²) in [6, 6.07) is 3.25. The van der Waals surface area contributed by atoms with Crippen LogP contribution in [0.15, 0.2) is 24.5 Å². The molecule has 0 bridgehead atoms. The average Bonchev–Trinajstić information content (AvgIpc) is 2.80. The third kappa shape index (κ3) is 4.32. The molecule has 10 nitrogen and oxygen atoms in total. The number of ether oxygens (including phenoxy) is 3. The van der Waals surface area contributed by atoms with E-state index in [2.05, 4.69) is 20.6 Å². The van der Waals surface area contributed by atoms with Crippen LogP contribution >= 0.6 is 0 Å². The molecule has 3 aromatic rings. The minimum atomic E-state index is -0.687. The minimum Gasteiger partial charge on any atom is -0.474 e. The van der Waals surface area contributed by atoms with Gasteiger partial charge in [0.1, 0.15) is 29.8 Å². The number of halogens is 1. The van der Waals surface area contributed by atoms with E-state index in [0.717, 1.165) is 11.3 Å². The summed E-state index contributed by atoms with van der Waals surface area (Å²) in [4.78, 5) is 32.1. The zero-order valence-electron chi connectivity index (χ0n) is 20.1. The van der Waals surface area contributed by atoms with Crippen LogP contribution in [-0.2, 0) is 14.3 Å². The molecule has 0 spiro atoms. The Labute approximate surface area is 206 Å². The number of anilines is 3. The van der Waals surface area contributed by atoms with E-state index in [9.17, 15) is 9.59 Å². The summed E-state index contributed by atoms with van der Waals surface area (Å²) in [6.45, 7) is 6.13. The summed E-state index contributed by atoms with van der Waals surface area (Å²) in [5.41, 5.74) is 7.81. The molecule has 5 rings (SSSR count). The molecule has 11 heteroatoms. The van der Waals surface area contributed by atoms with Gasteiger partial charge in [-0.05, 0) is 36.9 Å². The highest BCUT2D eigenvalue weighted by Crippen LogP contribution is 2.40. The topological polar surface area (TPSA) is 138 Å². The van der Waals surface area contributed by atoms with Crippen molar-refractivity contribution in [1.29, 1.82) is 0 Å². The van der Waals surface area contributed by atoms with Crippen molar-refractivity contribution < 1.29 is 28.2 Å². The fraction of sp³-hybridized carbons (Fsp3) is 0.360. The largest absolute Gasteiger partial charge is 0.474 e. The lowest BCUT2D eigenvalue weighted by Crippen LogP contribution is -2.49. The average molecular weight is 496 g/mol. The fourth-order valence-corrected chi connectivity index (χ4v) is 4.76. The van der Waals surface area contributed by atoms with E-state index in [1.807, 2.05) is 6.92 Å². The van der Waals surface area contributed by atoms with Crippen molar-refractivity contribution in [3.63, 3.8) is 0 Å².